The molecule has 0 saturated carbocycles. The van der Waals surface area contributed by atoms with Crippen molar-refractivity contribution in [3.63, 3.8) is 0 Å². The van der Waals surface area contributed by atoms with Gasteiger partial charge in [0, 0.05) is 24.7 Å². The van der Waals surface area contributed by atoms with Gasteiger partial charge in [-0.25, -0.2) is 4.79 Å². The highest BCUT2D eigenvalue weighted by Crippen LogP contribution is 2.18. The van der Waals surface area contributed by atoms with Crippen molar-refractivity contribution in [2.45, 2.75) is 52.1 Å². The van der Waals surface area contributed by atoms with Crippen LogP contribution in [-0.4, -0.2) is 65.2 Å². The Bertz CT molecular complexity index is 379. The summed E-state index contributed by atoms with van der Waals surface area (Å²) in [7, 11) is 2.09. The van der Waals surface area contributed by atoms with Crippen molar-refractivity contribution in [1.82, 2.24) is 15.1 Å². The minimum atomic E-state index is -0.885. The van der Waals surface area contributed by atoms with Crippen LogP contribution in [-0.2, 0) is 4.79 Å². The molecule has 1 heterocycles. The number of amides is 2. The molecule has 1 aliphatic heterocycles. The third-order valence-corrected chi connectivity index (χ3v) is 4.02. The summed E-state index contributed by atoms with van der Waals surface area (Å²) in [4.78, 5) is 27.2. The van der Waals surface area contributed by atoms with Gasteiger partial charge in [-0.3, -0.25) is 4.79 Å². The number of piperidine rings is 1. The normalized spacial score (nSPS) is 23.7. The molecule has 1 saturated heterocycles. The molecule has 0 spiro atoms. The van der Waals surface area contributed by atoms with Crippen LogP contribution in [0.2, 0.25) is 0 Å². The van der Waals surface area contributed by atoms with Crippen molar-refractivity contribution in [2.24, 2.45) is 5.92 Å². The van der Waals surface area contributed by atoms with E-state index < -0.39 is 11.5 Å². The van der Waals surface area contributed by atoms with Gasteiger partial charge < -0.3 is 20.2 Å². The topological polar surface area (TPSA) is 72.9 Å². The summed E-state index contributed by atoms with van der Waals surface area (Å²) < 4.78 is 0. The van der Waals surface area contributed by atoms with Crippen LogP contribution in [0.25, 0.3) is 0 Å². The Morgan fingerprint density at radius 3 is 2.48 bits per heavy atom. The van der Waals surface area contributed by atoms with E-state index in [0.29, 0.717) is 5.92 Å². The number of carboxylic acids is 1. The van der Waals surface area contributed by atoms with Crippen LogP contribution >= 0.6 is 0 Å². The van der Waals surface area contributed by atoms with Gasteiger partial charge in [0.2, 0.25) is 0 Å². The average Bonchev–Trinajstić information content (AvgIpc) is 2.30. The fraction of sp³-hybridized carbons (Fsp3) is 0.867. The molecular weight excluding hydrogens is 270 g/mol. The molecule has 0 radical (unpaired) electrons. The summed E-state index contributed by atoms with van der Waals surface area (Å²) in [6.45, 7) is 10.1. The lowest BCUT2D eigenvalue weighted by Gasteiger charge is -2.40. The largest absolute Gasteiger partial charge is 0.481 e. The lowest BCUT2D eigenvalue weighted by Crippen LogP contribution is -2.56. The standard InChI is InChI=1S/C15H29N3O3/c1-11-10-17(5)8-6-12(11)16-14(21)18(15(2,3)4)9-7-13(19)20/h11-12H,6-10H2,1-5H3,(H,16,21)(H,19,20). The second kappa shape index (κ2) is 7.11. The number of urea groups is 1. The van der Waals surface area contributed by atoms with E-state index in [4.69, 9.17) is 5.11 Å². The Morgan fingerprint density at radius 1 is 1.38 bits per heavy atom. The first-order chi connectivity index (χ1) is 9.61. The number of aliphatic carboxylic acids is 1. The van der Waals surface area contributed by atoms with E-state index in [1.165, 1.54) is 0 Å². The van der Waals surface area contributed by atoms with Crippen molar-refractivity contribution in [3.8, 4) is 0 Å². The molecule has 2 atom stereocenters. The van der Waals surface area contributed by atoms with Gasteiger partial charge in [0.25, 0.3) is 0 Å². The van der Waals surface area contributed by atoms with E-state index in [2.05, 4.69) is 24.2 Å². The highest BCUT2D eigenvalue weighted by atomic mass is 16.4. The molecule has 6 nitrogen and oxygen atoms in total. The Balaban J connectivity index is 2.66. The summed E-state index contributed by atoms with van der Waals surface area (Å²) in [5.41, 5.74) is -0.395. The molecule has 0 aromatic rings. The summed E-state index contributed by atoms with van der Waals surface area (Å²) in [5.74, 6) is -0.487. The number of carbonyl (C=O) groups excluding carboxylic acids is 1. The van der Waals surface area contributed by atoms with E-state index in [1.54, 1.807) is 4.90 Å². The maximum absolute atomic E-state index is 12.5. The molecule has 21 heavy (non-hydrogen) atoms. The lowest BCUT2D eigenvalue weighted by molar-refractivity contribution is -0.137. The maximum atomic E-state index is 12.5. The van der Waals surface area contributed by atoms with E-state index in [1.807, 2.05) is 20.8 Å². The van der Waals surface area contributed by atoms with Gasteiger partial charge >= 0.3 is 12.0 Å². The molecule has 1 aliphatic rings. The molecule has 2 N–H and O–H groups in total. The zero-order valence-corrected chi connectivity index (χ0v) is 13.8. The fourth-order valence-corrected chi connectivity index (χ4v) is 2.75. The number of carbonyl (C=O) groups is 2. The number of hydrogen-bond donors (Lipinski definition) is 2. The zero-order valence-electron chi connectivity index (χ0n) is 13.8. The predicted octanol–water partition coefficient (Wildman–Crippen LogP) is 1.61. The average molecular weight is 299 g/mol. The first-order valence-electron chi connectivity index (χ1n) is 7.59. The molecule has 0 aliphatic carbocycles. The monoisotopic (exact) mass is 299 g/mol. The molecule has 0 aromatic carbocycles. The Hall–Kier alpha value is -1.30. The van der Waals surface area contributed by atoms with E-state index in [-0.39, 0.29) is 25.0 Å². The van der Waals surface area contributed by atoms with Crippen LogP contribution in [0.1, 0.15) is 40.5 Å². The quantitative estimate of drug-likeness (QED) is 0.827. The first kappa shape index (κ1) is 17.8. The highest BCUT2D eigenvalue weighted by Gasteiger charge is 2.31. The highest BCUT2D eigenvalue weighted by molar-refractivity contribution is 5.76. The molecule has 1 fully saturated rings. The minimum absolute atomic E-state index is 0.0341. The van der Waals surface area contributed by atoms with Gasteiger partial charge in [-0.15, -0.1) is 0 Å². The minimum Gasteiger partial charge on any atom is -0.481 e. The Morgan fingerprint density at radius 2 is 2.00 bits per heavy atom. The van der Waals surface area contributed by atoms with Crippen molar-refractivity contribution in [1.29, 1.82) is 0 Å². The SMILES string of the molecule is CC1CN(C)CCC1NC(=O)N(CCC(=O)O)C(C)(C)C. The number of likely N-dealkylation sites (tertiary alicyclic amines) is 1. The second-order valence-electron chi connectivity index (χ2n) is 7.05. The Labute approximate surface area is 127 Å². The van der Waals surface area contributed by atoms with Gasteiger partial charge in [-0.05, 0) is 46.7 Å². The molecular formula is C15H29N3O3. The Kier molecular flexibility index (Phi) is 6.01. The van der Waals surface area contributed by atoms with Crippen molar-refractivity contribution >= 4 is 12.0 Å². The van der Waals surface area contributed by atoms with Crippen LogP contribution in [0.15, 0.2) is 0 Å². The van der Waals surface area contributed by atoms with Gasteiger partial charge in [0.05, 0.1) is 6.42 Å². The molecule has 0 bridgehead atoms. The lowest BCUT2D eigenvalue weighted by atomic mass is 9.94. The van der Waals surface area contributed by atoms with Crippen LogP contribution in [0.3, 0.4) is 0 Å². The first-order valence-corrected chi connectivity index (χ1v) is 7.59. The molecule has 2 unspecified atom stereocenters. The van der Waals surface area contributed by atoms with E-state index in [0.717, 1.165) is 19.5 Å². The maximum Gasteiger partial charge on any atom is 0.318 e. The smallest absolute Gasteiger partial charge is 0.318 e. The summed E-state index contributed by atoms with van der Waals surface area (Å²) in [6.07, 6.45) is 0.897. The zero-order chi connectivity index (χ0) is 16.2. The molecule has 2 amide bonds. The number of rotatable bonds is 4. The van der Waals surface area contributed by atoms with Crippen LogP contribution < -0.4 is 5.32 Å². The third kappa shape index (κ3) is 5.53. The van der Waals surface area contributed by atoms with Crippen LogP contribution in [0.4, 0.5) is 4.79 Å². The van der Waals surface area contributed by atoms with Gasteiger partial charge in [-0.1, -0.05) is 6.92 Å². The number of carboxylic acid groups (broad SMARTS) is 1. The number of nitrogens with zero attached hydrogens (tertiary/aromatic N) is 2. The third-order valence-electron chi connectivity index (χ3n) is 4.02. The van der Waals surface area contributed by atoms with E-state index in [9.17, 15) is 9.59 Å². The summed E-state index contributed by atoms with van der Waals surface area (Å²) in [5, 5.41) is 11.9. The molecule has 122 valence electrons. The van der Waals surface area contributed by atoms with Crippen molar-refractivity contribution < 1.29 is 14.7 Å². The van der Waals surface area contributed by atoms with Crippen LogP contribution in [0.5, 0.6) is 0 Å². The fourth-order valence-electron chi connectivity index (χ4n) is 2.75. The van der Waals surface area contributed by atoms with Gasteiger partial charge in [-0.2, -0.15) is 0 Å². The second-order valence-corrected chi connectivity index (χ2v) is 7.05. The molecule has 6 heteroatoms. The van der Waals surface area contributed by atoms with Gasteiger partial charge in [0.1, 0.15) is 0 Å². The van der Waals surface area contributed by atoms with E-state index >= 15 is 0 Å². The number of nitrogens with one attached hydrogen (secondary N) is 1. The summed E-state index contributed by atoms with van der Waals surface area (Å²) >= 11 is 0. The number of hydrogen-bond acceptors (Lipinski definition) is 3. The predicted molar refractivity (Wildman–Crippen MR) is 82.3 cm³/mol. The molecule has 1 rings (SSSR count). The molecule has 0 aromatic heterocycles. The summed E-state index contributed by atoms with van der Waals surface area (Å²) in [6, 6.07) is -0.00599. The van der Waals surface area contributed by atoms with Crippen LogP contribution in [0, 0.1) is 5.92 Å². The van der Waals surface area contributed by atoms with Crippen molar-refractivity contribution in [3.05, 3.63) is 0 Å². The van der Waals surface area contributed by atoms with Crippen molar-refractivity contribution in [2.75, 3.05) is 26.7 Å². The van der Waals surface area contributed by atoms with Gasteiger partial charge in [0.15, 0.2) is 0 Å².